The molecule has 90 valence electrons. The molecule has 0 aliphatic rings. The van der Waals surface area contributed by atoms with Crippen LogP contribution in [-0.4, -0.2) is 33.2 Å². The van der Waals surface area contributed by atoms with Crippen molar-refractivity contribution < 1.29 is 4.74 Å². The standard InChI is InChI=1S/C11H22N2OSi2/c1-14-11-12-8-9(15(2,3)4)10(13-11)16(5,6)7/h8H,1-7H3. The van der Waals surface area contributed by atoms with E-state index in [4.69, 9.17) is 4.74 Å². The molecule has 1 aromatic heterocycles. The van der Waals surface area contributed by atoms with Gasteiger partial charge in [-0.25, -0.2) is 9.97 Å². The number of rotatable bonds is 3. The van der Waals surface area contributed by atoms with E-state index in [1.807, 2.05) is 6.20 Å². The maximum atomic E-state index is 5.13. The van der Waals surface area contributed by atoms with Gasteiger partial charge in [0.25, 0.3) is 0 Å². The minimum atomic E-state index is -1.43. The summed E-state index contributed by atoms with van der Waals surface area (Å²) in [6, 6.07) is 0.499. The molecule has 0 bridgehead atoms. The zero-order valence-electron chi connectivity index (χ0n) is 11.4. The molecule has 5 heteroatoms. The summed E-state index contributed by atoms with van der Waals surface area (Å²) < 4.78 is 5.13. The highest BCUT2D eigenvalue weighted by molar-refractivity contribution is 6.98. The van der Waals surface area contributed by atoms with Crippen LogP contribution in [0.15, 0.2) is 6.20 Å². The van der Waals surface area contributed by atoms with Crippen LogP contribution in [0.4, 0.5) is 0 Å². The molecule has 1 aromatic rings. The predicted molar refractivity (Wildman–Crippen MR) is 74.5 cm³/mol. The number of ether oxygens (including phenoxy) is 1. The van der Waals surface area contributed by atoms with Crippen molar-refractivity contribution in [3.05, 3.63) is 6.20 Å². The monoisotopic (exact) mass is 254 g/mol. The molecular formula is C11H22N2OSi2. The van der Waals surface area contributed by atoms with Crippen molar-refractivity contribution >= 4 is 26.7 Å². The van der Waals surface area contributed by atoms with E-state index in [0.29, 0.717) is 6.01 Å². The molecule has 1 heterocycles. The molecular weight excluding hydrogens is 232 g/mol. The smallest absolute Gasteiger partial charge is 0.315 e. The van der Waals surface area contributed by atoms with Gasteiger partial charge in [0.1, 0.15) is 8.07 Å². The molecule has 0 atom stereocenters. The third-order valence-corrected chi connectivity index (χ3v) is 6.50. The largest absolute Gasteiger partial charge is 0.467 e. The van der Waals surface area contributed by atoms with Crippen LogP contribution in [0.1, 0.15) is 0 Å². The lowest BCUT2D eigenvalue weighted by Crippen LogP contribution is -2.58. The highest BCUT2D eigenvalue weighted by Gasteiger charge is 2.29. The molecule has 0 amide bonds. The van der Waals surface area contributed by atoms with Gasteiger partial charge in [-0.3, -0.25) is 0 Å². The van der Waals surface area contributed by atoms with Crippen molar-refractivity contribution in [2.75, 3.05) is 7.11 Å². The van der Waals surface area contributed by atoms with Gasteiger partial charge in [0.05, 0.1) is 15.2 Å². The lowest BCUT2D eigenvalue weighted by molar-refractivity contribution is 0.381. The van der Waals surface area contributed by atoms with Gasteiger partial charge in [-0.15, -0.1) is 0 Å². The number of aromatic nitrogens is 2. The van der Waals surface area contributed by atoms with E-state index in [9.17, 15) is 0 Å². The lowest BCUT2D eigenvalue weighted by Gasteiger charge is -2.26. The van der Waals surface area contributed by atoms with Crippen LogP contribution in [0.3, 0.4) is 0 Å². The van der Waals surface area contributed by atoms with Crippen LogP contribution >= 0.6 is 0 Å². The second-order valence-electron chi connectivity index (χ2n) is 6.12. The third kappa shape index (κ3) is 2.92. The van der Waals surface area contributed by atoms with Crippen molar-refractivity contribution in [2.24, 2.45) is 0 Å². The van der Waals surface area contributed by atoms with Crippen molar-refractivity contribution in [3.63, 3.8) is 0 Å². The Morgan fingerprint density at radius 2 is 1.56 bits per heavy atom. The van der Waals surface area contributed by atoms with Gasteiger partial charge in [-0.2, -0.15) is 0 Å². The Morgan fingerprint density at radius 1 is 1.00 bits per heavy atom. The summed E-state index contributed by atoms with van der Waals surface area (Å²) in [7, 11) is -1.18. The average Bonchev–Trinajstić information content (AvgIpc) is 2.14. The predicted octanol–water partition coefficient (Wildman–Crippen LogP) is 1.58. The highest BCUT2D eigenvalue weighted by atomic mass is 28.3. The molecule has 0 aromatic carbocycles. The summed E-state index contributed by atoms with van der Waals surface area (Å²) in [5.74, 6) is 0. The molecule has 16 heavy (non-hydrogen) atoms. The summed E-state index contributed by atoms with van der Waals surface area (Å²) in [6.07, 6.45) is 1.98. The Labute approximate surface area is 100 Å². The van der Waals surface area contributed by atoms with E-state index < -0.39 is 16.1 Å². The molecule has 0 fully saturated rings. The van der Waals surface area contributed by atoms with Crippen LogP contribution < -0.4 is 15.2 Å². The first-order valence-electron chi connectivity index (χ1n) is 5.58. The molecule has 1 rings (SSSR count). The number of nitrogens with zero attached hydrogens (tertiary/aromatic N) is 2. The van der Waals surface area contributed by atoms with E-state index >= 15 is 0 Å². The maximum absolute atomic E-state index is 5.13. The van der Waals surface area contributed by atoms with E-state index in [1.165, 1.54) is 10.5 Å². The van der Waals surface area contributed by atoms with Gasteiger partial charge >= 0.3 is 6.01 Å². The Bertz CT molecular complexity index is 381. The normalized spacial score (nSPS) is 12.7. The Morgan fingerprint density at radius 3 is 1.94 bits per heavy atom. The van der Waals surface area contributed by atoms with Crippen LogP contribution in [0.5, 0.6) is 6.01 Å². The van der Waals surface area contributed by atoms with E-state index in [-0.39, 0.29) is 0 Å². The first kappa shape index (κ1) is 13.4. The second kappa shape index (κ2) is 4.29. The number of hydrogen-bond donors (Lipinski definition) is 0. The van der Waals surface area contributed by atoms with Gasteiger partial charge in [0.15, 0.2) is 0 Å². The van der Waals surface area contributed by atoms with Crippen molar-refractivity contribution in [2.45, 2.75) is 39.3 Å². The summed E-state index contributed by atoms with van der Waals surface area (Å²) in [6.45, 7) is 14.0. The number of hydrogen-bond acceptors (Lipinski definition) is 3. The zero-order valence-corrected chi connectivity index (χ0v) is 13.4. The van der Waals surface area contributed by atoms with Crippen LogP contribution in [0.25, 0.3) is 0 Å². The van der Waals surface area contributed by atoms with Gasteiger partial charge in [0, 0.05) is 11.5 Å². The summed E-state index contributed by atoms with van der Waals surface area (Å²) >= 11 is 0. The minimum absolute atomic E-state index is 0.499. The molecule has 3 nitrogen and oxygen atoms in total. The zero-order chi connectivity index (χ0) is 12.6. The van der Waals surface area contributed by atoms with Crippen molar-refractivity contribution in [3.8, 4) is 6.01 Å². The highest BCUT2D eigenvalue weighted by Crippen LogP contribution is 2.07. The van der Waals surface area contributed by atoms with Gasteiger partial charge in [-0.1, -0.05) is 39.3 Å². The quantitative estimate of drug-likeness (QED) is 0.768. The molecule has 0 spiro atoms. The fraction of sp³-hybridized carbons (Fsp3) is 0.636. The molecule has 0 unspecified atom stereocenters. The Balaban J connectivity index is 3.40. The average molecular weight is 254 g/mol. The Kier molecular flexibility index (Phi) is 3.59. The lowest BCUT2D eigenvalue weighted by atomic mass is 10.6. The molecule has 0 aliphatic carbocycles. The first-order chi connectivity index (χ1) is 7.16. The van der Waals surface area contributed by atoms with Gasteiger partial charge in [-0.05, 0) is 5.19 Å². The van der Waals surface area contributed by atoms with Gasteiger partial charge in [0.2, 0.25) is 0 Å². The fourth-order valence-corrected chi connectivity index (χ4v) is 6.36. The molecule has 0 saturated heterocycles. The fourth-order valence-electron chi connectivity index (χ4n) is 1.58. The molecule has 0 saturated carbocycles. The van der Waals surface area contributed by atoms with Gasteiger partial charge < -0.3 is 4.74 Å². The van der Waals surface area contributed by atoms with Crippen LogP contribution in [0.2, 0.25) is 39.3 Å². The molecule has 0 N–H and O–H groups in total. The minimum Gasteiger partial charge on any atom is -0.467 e. The van der Waals surface area contributed by atoms with E-state index in [0.717, 1.165) is 0 Å². The molecule has 0 radical (unpaired) electrons. The summed E-state index contributed by atoms with van der Waals surface area (Å²) in [5, 5.41) is 2.64. The van der Waals surface area contributed by atoms with Crippen molar-refractivity contribution in [1.82, 2.24) is 9.97 Å². The third-order valence-electron chi connectivity index (χ3n) is 2.47. The van der Waals surface area contributed by atoms with Crippen LogP contribution in [-0.2, 0) is 0 Å². The summed E-state index contributed by atoms with van der Waals surface area (Å²) in [4.78, 5) is 8.85. The first-order valence-corrected chi connectivity index (χ1v) is 12.6. The maximum Gasteiger partial charge on any atom is 0.315 e. The van der Waals surface area contributed by atoms with Crippen molar-refractivity contribution in [1.29, 1.82) is 0 Å². The van der Waals surface area contributed by atoms with E-state index in [2.05, 4.69) is 49.3 Å². The van der Waals surface area contributed by atoms with E-state index in [1.54, 1.807) is 7.11 Å². The second-order valence-corrected chi connectivity index (χ2v) is 16.1. The number of methoxy groups -OCH3 is 1. The topological polar surface area (TPSA) is 35.0 Å². The summed E-state index contributed by atoms with van der Waals surface area (Å²) in [5.41, 5.74) is 0. The molecule has 0 aliphatic heterocycles. The Hall–Kier alpha value is -0.686. The SMILES string of the molecule is COc1ncc([Si](C)(C)C)c([Si](C)(C)C)n1. The van der Waals surface area contributed by atoms with Crippen LogP contribution in [0, 0.1) is 0 Å².